The molecule has 2 aromatic rings. The minimum absolute atomic E-state index is 0.0755. The summed E-state index contributed by atoms with van der Waals surface area (Å²) in [6, 6.07) is 14.5. The highest BCUT2D eigenvalue weighted by atomic mass is 16.5. The van der Waals surface area contributed by atoms with Crippen LogP contribution in [-0.4, -0.2) is 38.0 Å². The van der Waals surface area contributed by atoms with Crippen LogP contribution in [0.15, 0.2) is 48.5 Å². The van der Waals surface area contributed by atoms with E-state index in [1.54, 1.807) is 18.2 Å². The van der Waals surface area contributed by atoms with Gasteiger partial charge in [-0.05, 0) is 37.3 Å². The SMILES string of the molecule is CC(=O)c1cc(N2CCOCC2)ccc1NC(=O)c1ccccc1. The molecule has 0 radical (unpaired) electrons. The average molecular weight is 324 g/mol. The number of rotatable bonds is 4. The van der Waals surface area contributed by atoms with Gasteiger partial charge in [0.05, 0.1) is 18.9 Å². The Morgan fingerprint density at radius 1 is 1.04 bits per heavy atom. The lowest BCUT2D eigenvalue weighted by Gasteiger charge is -2.29. The highest BCUT2D eigenvalue weighted by Gasteiger charge is 2.16. The molecule has 124 valence electrons. The zero-order valence-electron chi connectivity index (χ0n) is 13.6. The van der Waals surface area contributed by atoms with Gasteiger partial charge in [-0.25, -0.2) is 0 Å². The topological polar surface area (TPSA) is 58.6 Å². The Kier molecular flexibility index (Phi) is 4.91. The standard InChI is InChI=1S/C19H20N2O3/c1-14(22)17-13-16(21-9-11-24-12-10-21)7-8-18(17)20-19(23)15-5-3-2-4-6-15/h2-8,13H,9-12H2,1H3,(H,20,23). The summed E-state index contributed by atoms with van der Waals surface area (Å²) in [6.45, 7) is 4.47. The van der Waals surface area contributed by atoms with Gasteiger partial charge in [-0.2, -0.15) is 0 Å². The maximum atomic E-state index is 12.3. The summed E-state index contributed by atoms with van der Waals surface area (Å²) in [6.07, 6.45) is 0. The number of carbonyl (C=O) groups is 2. The van der Waals surface area contributed by atoms with E-state index in [1.807, 2.05) is 30.3 Å². The molecule has 0 saturated carbocycles. The number of ketones is 1. The van der Waals surface area contributed by atoms with Crippen molar-refractivity contribution in [2.45, 2.75) is 6.92 Å². The fourth-order valence-electron chi connectivity index (χ4n) is 2.73. The molecule has 0 unspecified atom stereocenters. The fourth-order valence-corrected chi connectivity index (χ4v) is 2.73. The van der Waals surface area contributed by atoms with Gasteiger partial charge in [0.15, 0.2) is 5.78 Å². The molecule has 1 amide bonds. The molecule has 5 heteroatoms. The van der Waals surface area contributed by atoms with Crippen LogP contribution < -0.4 is 10.2 Å². The third-order valence-corrected chi connectivity index (χ3v) is 4.04. The van der Waals surface area contributed by atoms with Gasteiger partial charge in [0.1, 0.15) is 0 Å². The van der Waals surface area contributed by atoms with Gasteiger partial charge in [0.2, 0.25) is 0 Å². The Morgan fingerprint density at radius 2 is 1.75 bits per heavy atom. The molecule has 0 aromatic heterocycles. The van der Waals surface area contributed by atoms with Crippen LogP contribution in [0.25, 0.3) is 0 Å². The minimum Gasteiger partial charge on any atom is -0.378 e. The number of nitrogens with one attached hydrogen (secondary N) is 1. The highest BCUT2D eigenvalue weighted by molar-refractivity contribution is 6.09. The molecule has 1 aliphatic rings. The van der Waals surface area contributed by atoms with Crippen molar-refractivity contribution in [2.24, 2.45) is 0 Å². The predicted octanol–water partition coefficient (Wildman–Crippen LogP) is 2.98. The van der Waals surface area contributed by atoms with Crippen molar-refractivity contribution in [3.05, 3.63) is 59.7 Å². The van der Waals surface area contributed by atoms with Gasteiger partial charge >= 0.3 is 0 Å². The maximum absolute atomic E-state index is 12.3. The largest absolute Gasteiger partial charge is 0.378 e. The summed E-state index contributed by atoms with van der Waals surface area (Å²) in [4.78, 5) is 26.5. The van der Waals surface area contributed by atoms with E-state index < -0.39 is 0 Å². The second kappa shape index (κ2) is 7.27. The Labute approximate surface area is 141 Å². The first-order valence-corrected chi connectivity index (χ1v) is 7.99. The smallest absolute Gasteiger partial charge is 0.255 e. The monoisotopic (exact) mass is 324 g/mol. The van der Waals surface area contributed by atoms with Gasteiger partial charge in [-0.15, -0.1) is 0 Å². The number of benzene rings is 2. The van der Waals surface area contributed by atoms with Gasteiger partial charge in [0, 0.05) is 29.9 Å². The normalized spacial score (nSPS) is 14.3. The highest BCUT2D eigenvalue weighted by Crippen LogP contribution is 2.25. The maximum Gasteiger partial charge on any atom is 0.255 e. The lowest BCUT2D eigenvalue weighted by Crippen LogP contribution is -2.36. The number of carbonyl (C=O) groups excluding carboxylic acids is 2. The number of hydrogen-bond donors (Lipinski definition) is 1. The second-order valence-electron chi connectivity index (χ2n) is 5.71. The van der Waals surface area contributed by atoms with Crippen molar-refractivity contribution in [3.63, 3.8) is 0 Å². The average Bonchev–Trinajstić information content (AvgIpc) is 2.63. The van der Waals surface area contributed by atoms with E-state index in [1.165, 1.54) is 6.92 Å². The first-order chi connectivity index (χ1) is 11.6. The van der Waals surface area contributed by atoms with Crippen LogP contribution in [0.5, 0.6) is 0 Å². The lowest BCUT2D eigenvalue weighted by atomic mass is 10.1. The molecule has 0 bridgehead atoms. The van der Waals surface area contributed by atoms with Crippen LogP contribution in [0.2, 0.25) is 0 Å². The fraction of sp³-hybridized carbons (Fsp3) is 0.263. The molecule has 3 rings (SSSR count). The molecular weight excluding hydrogens is 304 g/mol. The Morgan fingerprint density at radius 3 is 2.42 bits per heavy atom. The van der Waals surface area contributed by atoms with Gasteiger partial charge in [-0.3, -0.25) is 9.59 Å². The summed E-state index contributed by atoms with van der Waals surface area (Å²) in [5.41, 5.74) is 2.59. The summed E-state index contributed by atoms with van der Waals surface area (Å²) in [7, 11) is 0. The van der Waals surface area contributed by atoms with E-state index in [2.05, 4.69) is 10.2 Å². The van der Waals surface area contributed by atoms with Crippen molar-refractivity contribution in [3.8, 4) is 0 Å². The molecule has 0 atom stereocenters. The number of Topliss-reactive ketones (excluding diaryl/α,β-unsaturated/α-hetero) is 1. The minimum atomic E-state index is -0.225. The Bertz CT molecular complexity index is 738. The van der Waals surface area contributed by atoms with Crippen LogP contribution in [0, 0.1) is 0 Å². The van der Waals surface area contributed by atoms with E-state index in [0.717, 1.165) is 18.8 Å². The number of amides is 1. The van der Waals surface area contributed by atoms with Crippen LogP contribution in [0.1, 0.15) is 27.6 Å². The first-order valence-electron chi connectivity index (χ1n) is 7.99. The van der Waals surface area contributed by atoms with Gasteiger partial charge in [-0.1, -0.05) is 18.2 Å². The number of nitrogens with zero attached hydrogens (tertiary/aromatic N) is 1. The quantitative estimate of drug-likeness (QED) is 0.879. The molecule has 1 saturated heterocycles. The zero-order chi connectivity index (χ0) is 16.9. The number of morpholine rings is 1. The van der Waals surface area contributed by atoms with E-state index in [0.29, 0.717) is 30.0 Å². The van der Waals surface area contributed by atoms with Crippen LogP contribution in [0.4, 0.5) is 11.4 Å². The zero-order valence-corrected chi connectivity index (χ0v) is 13.6. The van der Waals surface area contributed by atoms with Gasteiger partial charge < -0.3 is 15.0 Å². The van der Waals surface area contributed by atoms with Crippen LogP contribution in [0.3, 0.4) is 0 Å². The Balaban J connectivity index is 1.85. The molecule has 0 aliphatic carbocycles. The van der Waals surface area contributed by atoms with Crippen LogP contribution in [-0.2, 0) is 4.74 Å². The van der Waals surface area contributed by atoms with Crippen molar-refractivity contribution >= 4 is 23.1 Å². The molecule has 0 spiro atoms. The molecule has 1 aliphatic heterocycles. The number of anilines is 2. The first kappa shape index (κ1) is 16.2. The van der Waals surface area contributed by atoms with Crippen molar-refractivity contribution in [2.75, 3.05) is 36.5 Å². The molecule has 2 aromatic carbocycles. The number of ether oxygens (including phenoxy) is 1. The summed E-state index contributed by atoms with van der Waals surface area (Å²) < 4.78 is 5.36. The molecule has 1 fully saturated rings. The molecule has 1 heterocycles. The Hall–Kier alpha value is -2.66. The summed E-state index contributed by atoms with van der Waals surface area (Å²) >= 11 is 0. The third kappa shape index (κ3) is 3.63. The summed E-state index contributed by atoms with van der Waals surface area (Å²) in [5.74, 6) is -0.300. The van der Waals surface area contributed by atoms with Gasteiger partial charge in [0.25, 0.3) is 5.91 Å². The summed E-state index contributed by atoms with van der Waals surface area (Å²) in [5, 5.41) is 2.84. The lowest BCUT2D eigenvalue weighted by molar-refractivity contribution is 0.101. The van der Waals surface area contributed by atoms with E-state index in [4.69, 9.17) is 4.74 Å². The van der Waals surface area contributed by atoms with Crippen molar-refractivity contribution < 1.29 is 14.3 Å². The van der Waals surface area contributed by atoms with E-state index >= 15 is 0 Å². The van der Waals surface area contributed by atoms with Crippen LogP contribution >= 0.6 is 0 Å². The third-order valence-electron chi connectivity index (χ3n) is 4.04. The molecule has 1 N–H and O–H groups in total. The molecular formula is C19H20N2O3. The second-order valence-corrected chi connectivity index (χ2v) is 5.71. The van der Waals surface area contributed by atoms with Crippen molar-refractivity contribution in [1.29, 1.82) is 0 Å². The van der Waals surface area contributed by atoms with E-state index in [9.17, 15) is 9.59 Å². The molecule has 24 heavy (non-hydrogen) atoms. The van der Waals surface area contributed by atoms with Crippen molar-refractivity contribution in [1.82, 2.24) is 0 Å². The number of hydrogen-bond acceptors (Lipinski definition) is 4. The predicted molar refractivity (Wildman–Crippen MR) is 93.9 cm³/mol. The molecule has 5 nitrogen and oxygen atoms in total. The van der Waals surface area contributed by atoms with E-state index in [-0.39, 0.29) is 11.7 Å².